The highest BCUT2D eigenvalue weighted by molar-refractivity contribution is 5.94. The first-order chi connectivity index (χ1) is 9.20. The van der Waals surface area contributed by atoms with Gasteiger partial charge in [0.05, 0.1) is 0 Å². The molecule has 0 spiro atoms. The number of hydrogen-bond acceptors (Lipinski definition) is 3. The number of hydrogen-bond donors (Lipinski definition) is 2. The fraction of sp³-hybridized carbons (Fsp3) is 0.0667. The van der Waals surface area contributed by atoms with Crippen molar-refractivity contribution in [1.29, 1.82) is 0 Å². The molecule has 4 heteroatoms. The van der Waals surface area contributed by atoms with Crippen LogP contribution in [0.5, 0.6) is 0 Å². The van der Waals surface area contributed by atoms with Crippen molar-refractivity contribution in [3.8, 4) is 11.1 Å². The molecule has 19 heavy (non-hydrogen) atoms. The zero-order valence-corrected chi connectivity index (χ0v) is 10.1. The molecule has 0 aliphatic heterocycles. The molecule has 0 saturated heterocycles. The van der Waals surface area contributed by atoms with Crippen LogP contribution in [0.1, 0.15) is 0 Å². The van der Waals surface area contributed by atoms with Crippen molar-refractivity contribution in [3.63, 3.8) is 0 Å². The van der Waals surface area contributed by atoms with Gasteiger partial charge in [-0.1, -0.05) is 42.5 Å². The Morgan fingerprint density at radius 2 is 1.58 bits per heavy atom. The zero-order chi connectivity index (χ0) is 13.7. The monoisotopic (exact) mass is 255 g/mol. The summed E-state index contributed by atoms with van der Waals surface area (Å²) in [6.07, 6.45) is 0.368. The van der Waals surface area contributed by atoms with E-state index in [2.05, 4.69) is 5.32 Å². The molecule has 2 aromatic carbocycles. The molecule has 1 unspecified atom stereocenters. The second kappa shape index (κ2) is 5.82. The summed E-state index contributed by atoms with van der Waals surface area (Å²) >= 11 is 0. The van der Waals surface area contributed by atoms with Gasteiger partial charge in [0, 0.05) is 5.69 Å². The summed E-state index contributed by atoms with van der Waals surface area (Å²) in [4.78, 5) is 21.3. The van der Waals surface area contributed by atoms with Crippen molar-refractivity contribution < 1.29 is 14.7 Å². The van der Waals surface area contributed by atoms with Crippen molar-refractivity contribution in [2.24, 2.45) is 0 Å². The van der Waals surface area contributed by atoms with Gasteiger partial charge < -0.3 is 15.2 Å². The van der Waals surface area contributed by atoms with Crippen molar-refractivity contribution in [1.82, 2.24) is 0 Å². The highest BCUT2D eigenvalue weighted by atomic mass is 16.4. The number of aliphatic carboxylic acids is 1. The average molecular weight is 255 g/mol. The maximum absolute atomic E-state index is 10.7. The lowest BCUT2D eigenvalue weighted by molar-refractivity contribution is -0.139. The van der Waals surface area contributed by atoms with Gasteiger partial charge in [0.1, 0.15) is 0 Å². The Kier molecular flexibility index (Phi) is 3.93. The highest BCUT2D eigenvalue weighted by Gasteiger charge is 2.15. The Labute approximate surface area is 110 Å². The van der Waals surface area contributed by atoms with Gasteiger partial charge in [-0.3, -0.25) is 0 Å². The molecule has 0 aliphatic carbocycles. The molecule has 2 rings (SSSR count). The molecule has 0 saturated carbocycles. The quantitative estimate of drug-likeness (QED) is 0.636. The average Bonchev–Trinajstić information content (AvgIpc) is 2.46. The van der Waals surface area contributed by atoms with E-state index in [4.69, 9.17) is 5.11 Å². The molecule has 0 fully saturated rings. The van der Waals surface area contributed by atoms with E-state index in [-0.39, 0.29) is 0 Å². The number of aldehydes is 1. The van der Waals surface area contributed by atoms with Gasteiger partial charge in [-0.15, -0.1) is 0 Å². The predicted octanol–water partition coefficient (Wildman–Crippen LogP) is 2.42. The van der Waals surface area contributed by atoms with Gasteiger partial charge in [0.15, 0.2) is 12.3 Å². The SMILES string of the molecule is O=CC(Nc1ccc(-c2ccccc2)cc1)C(=O)O. The molecule has 2 aromatic rings. The molecule has 0 bridgehead atoms. The Morgan fingerprint density at radius 1 is 1.00 bits per heavy atom. The largest absolute Gasteiger partial charge is 0.479 e. The summed E-state index contributed by atoms with van der Waals surface area (Å²) < 4.78 is 0. The second-order valence-corrected chi connectivity index (χ2v) is 4.04. The van der Waals surface area contributed by atoms with E-state index in [0.29, 0.717) is 12.0 Å². The molecule has 0 amide bonds. The maximum Gasteiger partial charge on any atom is 0.333 e. The van der Waals surface area contributed by atoms with Gasteiger partial charge in [0.2, 0.25) is 0 Å². The molecule has 4 nitrogen and oxygen atoms in total. The highest BCUT2D eigenvalue weighted by Crippen LogP contribution is 2.21. The lowest BCUT2D eigenvalue weighted by atomic mass is 10.1. The predicted molar refractivity (Wildman–Crippen MR) is 73.0 cm³/mol. The maximum atomic E-state index is 10.7. The summed E-state index contributed by atoms with van der Waals surface area (Å²) in [5, 5.41) is 11.4. The first kappa shape index (κ1) is 12.8. The van der Waals surface area contributed by atoms with E-state index in [9.17, 15) is 9.59 Å². The second-order valence-electron chi connectivity index (χ2n) is 4.04. The van der Waals surface area contributed by atoms with Crippen LogP contribution in [0, 0.1) is 0 Å². The standard InChI is InChI=1S/C15H13NO3/c17-10-14(15(18)19)16-13-8-6-12(7-9-13)11-4-2-1-3-5-11/h1-10,14,16H,(H,18,19). The Morgan fingerprint density at radius 3 is 2.11 bits per heavy atom. The molecule has 0 aromatic heterocycles. The van der Waals surface area contributed by atoms with Crippen molar-refractivity contribution in [2.75, 3.05) is 5.32 Å². The van der Waals surface area contributed by atoms with E-state index in [1.54, 1.807) is 12.1 Å². The summed E-state index contributed by atoms with van der Waals surface area (Å²) in [6.45, 7) is 0. The fourth-order valence-electron chi connectivity index (χ4n) is 1.72. The van der Waals surface area contributed by atoms with Crippen molar-refractivity contribution >= 4 is 17.9 Å². The fourth-order valence-corrected chi connectivity index (χ4v) is 1.72. The number of benzene rings is 2. The van der Waals surface area contributed by atoms with E-state index >= 15 is 0 Å². The summed E-state index contributed by atoms with van der Waals surface area (Å²) in [6, 6.07) is 15.9. The molecule has 2 N–H and O–H groups in total. The Balaban J connectivity index is 2.15. The van der Waals surface area contributed by atoms with Gasteiger partial charge in [-0.05, 0) is 23.3 Å². The van der Waals surface area contributed by atoms with E-state index in [0.717, 1.165) is 11.1 Å². The van der Waals surface area contributed by atoms with Crippen LogP contribution in [0.15, 0.2) is 54.6 Å². The van der Waals surface area contributed by atoms with E-state index in [1.165, 1.54) is 0 Å². The first-order valence-electron chi connectivity index (χ1n) is 5.81. The van der Waals surface area contributed by atoms with Gasteiger partial charge in [-0.2, -0.15) is 0 Å². The number of carboxylic acids is 1. The topological polar surface area (TPSA) is 66.4 Å². The molecule has 96 valence electrons. The van der Waals surface area contributed by atoms with Crippen LogP contribution in [0.25, 0.3) is 11.1 Å². The Bertz CT molecular complexity index is 564. The first-order valence-corrected chi connectivity index (χ1v) is 5.81. The normalized spacial score (nSPS) is 11.6. The third-order valence-corrected chi connectivity index (χ3v) is 2.72. The lowest BCUT2D eigenvalue weighted by Crippen LogP contribution is -2.30. The van der Waals surface area contributed by atoms with Crippen molar-refractivity contribution in [3.05, 3.63) is 54.6 Å². The molecule has 1 atom stereocenters. The minimum atomic E-state index is -1.22. The molecule has 0 aliphatic rings. The van der Waals surface area contributed by atoms with E-state index < -0.39 is 12.0 Å². The van der Waals surface area contributed by atoms with E-state index in [1.807, 2.05) is 42.5 Å². The van der Waals surface area contributed by atoms with Gasteiger partial charge >= 0.3 is 5.97 Å². The zero-order valence-electron chi connectivity index (χ0n) is 10.1. The molecular weight excluding hydrogens is 242 g/mol. The van der Waals surface area contributed by atoms with Gasteiger partial charge in [0.25, 0.3) is 0 Å². The number of anilines is 1. The number of carbonyl (C=O) groups is 2. The third kappa shape index (κ3) is 3.19. The van der Waals surface area contributed by atoms with Crippen LogP contribution in [-0.4, -0.2) is 23.4 Å². The van der Waals surface area contributed by atoms with Crippen LogP contribution in [0.3, 0.4) is 0 Å². The minimum absolute atomic E-state index is 0.368. The summed E-state index contributed by atoms with van der Waals surface area (Å²) in [7, 11) is 0. The van der Waals surface area contributed by atoms with Gasteiger partial charge in [-0.25, -0.2) is 4.79 Å². The third-order valence-electron chi connectivity index (χ3n) is 2.72. The Hall–Kier alpha value is -2.62. The summed E-state index contributed by atoms with van der Waals surface area (Å²) in [5.41, 5.74) is 2.71. The number of carboxylic acid groups (broad SMARTS) is 1. The van der Waals surface area contributed by atoms with Crippen LogP contribution in [0.4, 0.5) is 5.69 Å². The van der Waals surface area contributed by atoms with Crippen LogP contribution in [-0.2, 0) is 9.59 Å². The van der Waals surface area contributed by atoms with Crippen LogP contribution >= 0.6 is 0 Å². The molecule has 0 radical (unpaired) electrons. The molecule has 0 heterocycles. The number of carbonyl (C=O) groups excluding carboxylic acids is 1. The smallest absolute Gasteiger partial charge is 0.333 e. The van der Waals surface area contributed by atoms with Crippen LogP contribution in [0.2, 0.25) is 0 Å². The minimum Gasteiger partial charge on any atom is -0.479 e. The number of nitrogens with one attached hydrogen (secondary N) is 1. The van der Waals surface area contributed by atoms with Crippen LogP contribution < -0.4 is 5.32 Å². The molecular formula is C15H13NO3. The summed E-state index contributed by atoms with van der Waals surface area (Å²) in [5.74, 6) is -1.19. The number of rotatable bonds is 5. The van der Waals surface area contributed by atoms with Crippen molar-refractivity contribution in [2.45, 2.75) is 6.04 Å². The lowest BCUT2D eigenvalue weighted by Gasteiger charge is -2.10.